The van der Waals surface area contributed by atoms with Gasteiger partial charge in [0.1, 0.15) is 5.82 Å². The van der Waals surface area contributed by atoms with Gasteiger partial charge in [0, 0.05) is 16.8 Å². The monoisotopic (exact) mass is 249 g/mol. The Balaban J connectivity index is 2.10. The van der Waals surface area contributed by atoms with Crippen LogP contribution in [0.15, 0.2) is 52.8 Å². The van der Waals surface area contributed by atoms with Gasteiger partial charge in [-0.15, -0.1) is 5.11 Å². The second-order valence-electron chi connectivity index (χ2n) is 3.29. The quantitative estimate of drug-likeness (QED) is 0.753. The molecule has 0 aliphatic carbocycles. The summed E-state index contributed by atoms with van der Waals surface area (Å²) < 4.78 is 13.4. The van der Waals surface area contributed by atoms with Gasteiger partial charge in [-0.1, -0.05) is 23.7 Å². The predicted molar refractivity (Wildman–Crippen MR) is 63.9 cm³/mol. The average molecular weight is 250 g/mol. The van der Waals surface area contributed by atoms with Gasteiger partial charge in [0.25, 0.3) is 0 Å². The lowest BCUT2D eigenvalue weighted by Gasteiger charge is -2.00. The largest absolute Gasteiger partial charge is 0.236 e. The highest BCUT2D eigenvalue weighted by atomic mass is 35.5. The van der Waals surface area contributed by atoms with Crippen molar-refractivity contribution >= 4 is 17.4 Å². The van der Waals surface area contributed by atoms with Crippen molar-refractivity contribution in [2.45, 2.75) is 6.54 Å². The van der Waals surface area contributed by atoms with Gasteiger partial charge in [-0.2, -0.15) is 5.11 Å². The normalized spacial score (nSPS) is 10.9. The van der Waals surface area contributed by atoms with E-state index in [1.54, 1.807) is 36.5 Å². The maximum atomic E-state index is 13.4. The zero-order valence-corrected chi connectivity index (χ0v) is 9.60. The number of nitrogens with zero attached hydrogens (tertiary/aromatic N) is 3. The molecule has 86 valence electrons. The first kappa shape index (κ1) is 11.7. The molecule has 0 saturated heterocycles. The summed E-state index contributed by atoms with van der Waals surface area (Å²) >= 11 is 5.85. The van der Waals surface area contributed by atoms with Crippen LogP contribution in [0.5, 0.6) is 0 Å². The molecule has 0 fully saturated rings. The van der Waals surface area contributed by atoms with Gasteiger partial charge in [0.15, 0.2) is 5.82 Å². The lowest BCUT2D eigenvalue weighted by Crippen LogP contribution is -1.88. The lowest BCUT2D eigenvalue weighted by atomic mass is 10.2. The van der Waals surface area contributed by atoms with Crippen LogP contribution in [0.2, 0.25) is 5.02 Å². The van der Waals surface area contributed by atoms with Crippen molar-refractivity contribution in [3.8, 4) is 0 Å². The van der Waals surface area contributed by atoms with Gasteiger partial charge in [-0.25, -0.2) is 9.37 Å². The Kier molecular flexibility index (Phi) is 3.77. The first-order valence-electron chi connectivity index (χ1n) is 4.99. The highest BCUT2D eigenvalue weighted by Gasteiger charge is 2.05. The van der Waals surface area contributed by atoms with Gasteiger partial charge in [-0.3, -0.25) is 0 Å². The van der Waals surface area contributed by atoms with Crippen LogP contribution in [0.4, 0.5) is 10.2 Å². The lowest BCUT2D eigenvalue weighted by molar-refractivity contribution is 0.609. The summed E-state index contributed by atoms with van der Waals surface area (Å²) in [7, 11) is 0. The van der Waals surface area contributed by atoms with Crippen molar-refractivity contribution in [3.63, 3.8) is 0 Å². The molecule has 0 bridgehead atoms. The number of hydrogen-bond donors (Lipinski definition) is 0. The standard InChI is InChI=1S/C12H9ClFN3/c13-10-4-3-5-11(14)9(10)8-16-17-12-6-1-2-7-15-12/h1-7H,8H2. The molecule has 5 heteroatoms. The van der Waals surface area contributed by atoms with E-state index in [0.29, 0.717) is 16.4 Å². The summed E-state index contributed by atoms with van der Waals surface area (Å²) in [6.45, 7) is 0.0993. The fourth-order valence-electron chi connectivity index (χ4n) is 1.27. The summed E-state index contributed by atoms with van der Waals surface area (Å²) in [4.78, 5) is 3.97. The topological polar surface area (TPSA) is 37.6 Å². The Labute approximate surface area is 103 Å². The van der Waals surface area contributed by atoms with E-state index in [9.17, 15) is 4.39 Å². The van der Waals surface area contributed by atoms with Crippen molar-refractivity contribution < 1.29 is 4.39 Å². The summed E-state index contributed by atoms with van der Waals surface area (Å²) in [5, 5.41) is 8.10. The van der Waals surface area contributed by atoms with Crippen LogP contribution in [0.25, 0.3) is 0 Å². The summed E-state index contributed by atoms with van der Waals surface area (Å²) in [6, 6.07) is 9.82. The molecule has 0 radical (unpaired) electrons. The molecule has 0 amide bonds. The van der Waals surface area contributed by atoms with Crippen LogP contribution in [0, 0.1) is 5.82 Å². The highest BCUT2D eigenvalue weighted by molar-refractivity contribution is 6.31. The number of rotatable bonds is 3. The number of aromatic nitrogens is 1. The van der Waals surface area contributed by atoms with E-state index in [-0.39, 0.29) is 12.4 Å². The van der Waals surface area contributed by atoms with Crippen molar-refractivity contribution in [2.75, 3.05) is 0 Å². The van der Waals surface area contributed by atoms with Crippen LogP contribution >= 0.6 is 11.6 Å². The van der Waals surface area contributed by atoms with E-state index in [4.69, 9.17) is 11.6 Å². The minimum Gasteiger partial charge on any atom is -0.236 e. The SMILES string of the molecule is Fc1cccc(Cl)c1CN=Nc1ccccn1. The Morgan fingerprint density at radius 3 is 2.76 bits per heavy atom. The minimum absolute atomic E-state index is 0.0993. The molecule has 1 aromatic carbocycles. The third kappa shape index (κ3) is 3.07. The molecule has 1 heterocycles. The smallest absolute Gasteiger partial charge is 0.173 e. The van der Waals surface area contributed by atoms with Crippen molar-refractivity contribution in [1.29, 1.82) is 0 Å². The Bertz CT molecular complexity index is 508. The molecule has 0 spiro atoms. The second-order valence-corrected chi connectivity index (χ2v) is 3.69. The number of hydrogen-bond acceptors (Lipinski definition) is 3. The van der Waals surface area contributed by atoms with Crippen molar-refractivity contribution in [3.05, 3.63) is 59.0 Å². The van der Waals surface area contributed by atoms with Gasteiger partial charge >= 0.3 is 0 Å². The van der Waals surface area contributed by atoms with E-state index in [2.05, 4.69) is 15.2 Å². The minimum atomic E-state index is -0.377. The Morgan fingerprint density at radius 2 is 2.06 bits per heavy atom. The third-order valence-electron chi connectivity index (χ3n) is 2.11. The first-order chi connectivity index (χ1) is 8.27. The molecule has 3 nitrogen and oxygen atoms in total. The predicted octanol–water partition coefficient (Wildman–Crippen LogP) is 4.16. The maximum Gasteiger partial charge on any atom is 0.173 e. The fraction of sp³-hybridized carbons (Fsp3) is 0.0833. The van der Waals surface area contributed by atoms with E-state index in [1.807, 2.05) is 0 Å². The molecule has 0 saturated carbocycles. The molecule has 17 heavy (non-hydrogen) atoms. The highest BCUT2D eigenvalue weighted by Crippen LogP contribution is 2.20. The molecule has 0 N–H and O–H groups in total. The van der Waals surface area contributed by atoms with Gasteiger partial charge in [-0.05, 0) is 24.3 Å². The van der Waals surface area contributed by atoms with E-state index in [0.717, 1.165) is 0 Å². The van der Waals surface area contributed by atoms with Crippen LogP contribution in [-0.4, -0.2) is 4.98 Å². The number of azo groups is 1. The van der Waals surface area contributed by atoms with Crippen molar-refractivity contribution in [1.82, 2.24) is 4.98 Å². The van der Waals surface area contributed by atoms with Gasteiger partial charge in [0.2, 0.25) is 0 Å². The molecular weight excluding hydrogens is 241 g/mol. The molecule has 2 aromatic rings. The van der Waals surface area contributed by atoms with Crippen LogP contribution < -0.4 is 0 Å². The van der Waals surface area contributed by atoms with E-state index >= 15 is 0 Å². The van der Waals surface area contributed by atoms with Gasteiger partial charge < -0.3 is 0 Å². The summed E-state index contributed by atoms with van der Waals surface area (Å²) in [5.74, 6) is 0.109. The zero-order chi connectivity index (χ0) is 12.1. The number of halogens is 2. The summed E-state index contributed by atoms with van der Waals surface area (Å²) in [6.07, 6.45) is 1.62. The van der Waals surface area contributed by atoms with E-state index < -0.39 is 0 Å². The molecule has 0 atom stereocenters. The maximum absolute atomic E-state index is 13.4. The zero-order valence-electron chi connectivity index (χ0n) is 8.85. The first-order valence-corrected chi connectivity index (χ1v) is 5.36. The second kappa shape index (κ2) is 5.50. The molecule has 0 aliphatic rings. The van der Waals surface area contributed by atoms with Gasteiger partial charge in [0.05, 0.1) is 6.54 Å². The van der Waals surface area contributed by atoms with E-state index in [1.165, 1.54) is 6.07 Å². The van der Waals surface area contributed by atoms with Crippen LogP contribution in [0.1, 0.15) is 5.56 Å². The number of benzene rings is 1. The Hall–Kier alpha value is -1.81. The molecule has 2 rings (SSSR count). The fourth-order valence-corrected chi connectivity index (χ4v) is 1.50. The molecular formula is C12H9ClFN3. The average Bonchev–Trinajstić information content (AvgIpc) is 2.34. The van der Waals surface area contributed by atoms with Crippen molar-refractivity contribution in [2.24, 2.45) is 10.2 Å². The Morgan fingerprint density at radius 1 is 1.18 bits per heavy atom. The molecule has 0 unspecified atom stereocenters. The third-order valence-corrected chi connectivity index (χ3v) is 2.47. The van der Waals surface area contributed by atoms with Crippen LogP contribution in [0.3, 0.4) is 0 Å². The molecule has 0 aliphatic heterocycles. The molecule has 1 aromatic heterocycles. The number of pyridine rings is 1. The van der Waals surface area contributed by atoms with Crippen LogP contribution in [-0.2, 0) is 6.54 Å². The summed E-state index contributed by atoms with van der Waals surface area (Å²) in [5.41, 5.74) is 0.342.